The molecule has 30 heavy (non-hydrogen) atoms. The molecule has 0 aromatic heterocycles. The van der Waals surface area contributed by atoms with E-state index in [0.29, 0.717) is 28.4 Å². The molecule has 2 N–H and O–H groups in total. The number of nitrogens with zero attached hydrogens (tertiary/aromatic N) is 1. The van der Waals surface area contributed by atoms with Crippen LogP contribution in [-0.4, -0.2) is 24.0 Å². The SMILES string of the molecule is C=C1N=C(OCC(=O)NC23CC4CC(CC(C4)C2)C3)C=C(Oc2ccc(Cl)cc2)N1. The van der Waals surface area contributed by atoms with Crippen LogP contribution in [0.2, 0.25) is 5.02 Å². The Morgan fingerprint density at radius 2 is 1.80 bits per heavy atom. The normalized spacial score (nSPS) is 31.5. The number of hydrogen-bond donors (Lipinski definition) is 2. The number of amides is 1. The number of benzene rings is 1. The minimum absolute atomic E-state index is 0.0204. The number of ether oxygens (including phenoxy) is 2. The van der Waals surface area contributed by atoms with Crippen LogP contribution in [0, 0.1) is 17.8 Å². The summed E-state index contributed by atoms with van der Waals surface area (Å²) in [6.45, 7) is 3.75. The van der Waals surface area contributed by atoms with Gasteiger partial charge in [0.1, 0.15) is 11.6 Å². The zero-order valence-electron chi connectivity index (χ0n) is 16.8. The molecule has 6 nitrogen and oxygen atoms in total. The van der Waals surface area contributed by atoms with E-state index in [2.05, 4.69) is 22.2 Å². The van der Waals surface area contributed by atoms with Gasteiger partial charge in [-0.3, -0.25) is 4.79 Å². The second kappa shape index (κ2) is 7.65. The van der Waals surface area contributed by atoms with E-state index in [1.165, 1.54) is 19.3 Å². The highest BCUT2D eigenvalue weighted by molar-refractivity contribution is 6.30. The number of halogens is 1. The number of aliphatic imine (C=N–C) groups is 1. The average molecular weight is 428 g/mol. The minimum atomic E-state index is -0.0858. The fourth-order valence-corrected chi connectivity index (χ4v) is 6.10. The third-order valence-electron chi connectivity index (χ3n) is 6.60. The monoisotopic (exact) mass is 427 g/mol. The van der Waals surface area contributed by atoms with Crippen molar-refractivity contribution in [2.45, 2.75) is 44.1 Å². The smallest absolute Gasteiger partial charge is 0.258 e. The molecule has 0 unspecified atom stereocenters. The molecule has 1 amide bonds. The van der Waals surface area contributed by atoms with E-state index in [4.69, 9.17) is 21.1 Å². The molecule has 7 heteroatoms. The number of rotatable bonds is 5. The van der Waals surface area contributed by atoms with E-state index in [0.717, 1.165) is 37.0 Å². The molecular weight excluding hydrogens is 402 g/mol. The van der Waals surface area contributed by atoms with Gasteiger partial charge < -0.3 is 20.1 Å². The van der Waals surface area contributed by atoms with Crippen molar-refractivity contribution in [3.63, 3.8) is 0 Å². The molecule has 0 atom stereocenters. The van der Waals surface area contributed by atoms with Crippen LogP contribution in [0.1, 0.15) is 38.5 Å². The molecule has 4 fully saturated rings. The highest BCUT2D eigenvalue weighted by Gasteiger charge is 2.51. The Labute approximate surface area is 181 Å². The van der Waals surface area contributed by atoms with Gasteiger partial charge in [-0.2, -0.15) is 4.99 Å². The number of carbonyl (C=O) groups is 1. The van der Waals surface area contributed by atoms with Crippen molar-refractivity contribution in [1.82, 2.24) is 10.6 Å². The summed E-state index contributed by atoms with van der Waals surface area (Å²) in [7, 11) is 0. The standard InChI is InChI=1S/C23H26ClN3O3/c1-14-25-21(9-22(26-14)30-19-4-2-18(24)3-5-19)29-13-20(28)27-23-10-15-6-16(11-23)8-17(7-15)12-23/h2-5,9,15-17,26H,1,6-8,10-13H2,(H,27,28). The van der Waals surface area contributed by atoms with Crippen LogP contribution in [0.15, 0.2) is 53.6 Å². The molecule has 1 heterocycles. The average Bonchev–Trinajstić information content (AvgIpc) is 2.66. The fourth-order valence-electron chi connectivity index (χ4n) is 5.98. The lowest BCUT2D eigenvalue weighted by atomic mass is 9.53. The molecule has 4 saturated carbocycles. The van der Waals surface area contributed by atoms with Crippen molar-refractivity contribution in [3.8, 4) is 5.75 Å². The summed E-state index contributed by atoms with van der Waals surface area (Å²) >= 11 is 5.91. The summed E-state index contributed by atoms with van der Waals surface area (Å²) in [6, 6.07) is 7.02. The first-order chi connectivity index (χ1) is 14.4. The lowest BCUT2D eigenvalue weighted by molar-refractivity contribution is -0.129. The first-order valence-electron chi connectivity index (χ1n) is 10.6. The van der Waals surface area contributed by atoms with Gasteiger partial charge in [0.05, 0.1) is 6.08 Å². The van der Waals surface area contributed by atoms with Crippen LogP contribution < -0.4 is 15.4 Å². The van der Waals surface area contributed by atoms with Crippen molar-refractivity contribution in [1.29, 1.82) is 0 Å². The van der Waals surface area contributed by atoms with Gasteiger partial charge in [0.25, 0.3) is 5.91 Å². The Morgan fingerprint density at radius 1 is 1.17 bits per heavy atom. The summed E-state index contributed by atoms with van der Waals surface area (Å²) < 4.78 is 11.5. The van der Waals surface area contributed by atoms with Crippen LogP contribution in [0.25, 0.3) is 0 Å². The predicted octanol–water partition coefficient (Wildman–Crippen LogP) is 4.13. The summed E-state index contributed by atoms with van der Waals surface area (Å²) in [5.74, 6) is 3.99. The fraction of sp³-hybridized carbons (Fsp3) is 0.478. The van der Waals surface area contributed by atoms with E-state index in [1.54, 1.807) is 30.3 Å². The highest BCUT2D eigenvalue weighted by atomic mass is 35.5. The summed E-state index contributed by atoms with van der Waals surface area (Å²) in [5.41, 5.74) is -0.0204. The van der Waals surface area contributed by atoms with Gasteiger partial charge >= 0.3 is 0 Å². The Hall–Kier alpha value is -2.47. The van der Waals surface area contributed by atoms with Crippen molar-refractivity contribution in [2.75, 3.05) is 6.61 Å². The van der Waals surface area contributed by atoms with Crippen LogP contribution in [0.5, 0.6) is 5.75 Å². The molecule has 4 bridgehead atoms. The third-order valence-corrected chi connectivity index (χ3v) is 6.85. The minimum Gasteiger partial charge on any atom is -0.467 e. The van der Waals surface area contributed by atoms with Gasteiger partial charge in [-0.05, 0) is 80.5 Å². The van der Waals surface area contributed by atoms with Gasteiger partial charge in [-0.25, -0.2) is 0 Å². The summed E-state index contributed by atoms with van der Waals surface area (Å²) in [5, 5.41) is 6.89. The highest BCUT2D eigenvalue weighted by Crippen LogP contribution is 2.55. The van der Waals surface area contributed by atoms with Crippen LogP contribution in [0.4, 0.5) is 0 Å². The molecule has 158 valence electrons. The zero-order chi connectivity index (χ0) is 20.7. The lowest BCUT2D eigenvalue weighted by Crippen LogP contribution is -2.60. The lowest BCUT2D eigenvalue weighted by Gasteiger charge is -2.56. The van der Waals surface area contributed by atoms with E-state index in [9.17, 15) is 4.79 Å². The molecule has 1 aromatic carbocycles. The van der Waals surface area contributed by atoms with E-state index in [1.807, 2.05) is 0 Å². The summed E-state index contributed by atoms with van der Waals surface area (Å²) in [6.07, 6.45) is 9.00. The molecule has 0 radical (unpaired) electrons. The Bertz CT molecular complexity index is 887. The van der Waals surface area contributed by atoms with E-state index in [-0.39, 0.29) is 18.1 Å². The first kappa shape index (κ1) is 19.5. The summed E-state index contributed by atoms with van der Waals surface area (Å²) in [4.78, 5) is 16.9. The Balaban J connectivity index is 1.18. The van der Waals surface area contributed by atoms with Gasteiger partial charge in [-0.1, -0.05) is 18.2 Å². The predicted molar refractivity (Wildman–Crippen MR) is 115 cm³/mol. The molecule has 1 aliphatic heterocycles. The maximum absolute atomic E-state index is 12.7. The topological polar surface area (TPSA) is 72.0 Å². The molecule has 6 rings (SSSR count). The van der Waals surface area contributed by atoms with Crippen LogP contribution in [0.3, 0.4) is 0 Å². The molecule has 5 aliphatic rings. The third kappa shape index (κ3) is 4.19. The second-order valence-corrected chi connectivity index (χ2v) is 9.56. The van der Waals surface area contributed by atoms with E-state index < -0.39 is 0 Å². The maximum atomic E-state index is 12.7. The van der Waals surface area contributed by atoms with E-state index >= 15 is 0 Å². The molecule has 0 spiro atoms. The zero-order valence-corrected chi connectivity index (χ0v) is 17.6. The Morgan fingerprint density at radius 3 is 2.43 bits per heavy atom. The van der Waals surface area contributed by atoms with Crippen molar-refractivity contribution in [3.05, 3.63) is 53.6 Å². The first-order valence-corrected chi connectivity index (χ1v) is 11.0. The molecule has 4 aliphatic carbocycles. The number of hydrogen-bond acceptors (Lipinski definition) is 5. The quantitative estimate of drug-likeness (QED) is 0.741. The second-order valence-electron chi connectivity index (χ2n) is 9.12. The van der Waals surface area contributed by atoms with Crippen LogP contribution >= 0.6 is 11.6 Å². The molecule has 0 saturated heterocycles. The van der Waals surface area contributed by atoms with Gasteiger partial charge in [-0.15, -0.1) is 0 Å². The number of carbonyl (C=O) groups excluding carboxylic acids is 1. The largest absolute Gasteiger partial charge is 0.467 e. The maximum Gasteiger partial charge on any atom is 0.258 e. The van der Waals surface area contributed by atoms with Crippen LogP contribution in [-0.2, 0) is 9.53 Å². The van der Waals surface area contributed by atoms with Gasteiger partial charge in [0.2, 0.25) is 11.8 Å². The van der Waals surface area contributed by atoms with Gasteiger partial charge in [0.15, 0.2) is 6.61 Å². The Kier molecular flexibility index (Phi) is 4.97. The van der Waals surface area contributed by atoms with Crippen molar-refractivity contribution >= 4 is 23.4 Å². The number of nitrogens with one attached hydrogen (secondary N) is 2. The van der Waals surface area contributed by atoms with Crippen molar-refractivity contribution < 1.29 is 14.3 Å². The van der Waals surface area contributed by atoms with Crippen molar-refractivity contribution in [2.24, 2.45) is 22.7 Å². The molecule has 1 aromatic rings. The van der Waals surface area contributed by atoms with Gasteiger partial charge in [0, 0.05) is 10.6 Å². The molecular formula is C23H26ClN3O3.